The highest BCUT2D eigenvalue weighted by Crippen LogP contribution is 2.52. The molecule has 2 heteroatoms. The average Bonchev–Trinajstić information content (AvgIpc) is 3.41. The van der Waals surface area contributed by atoms with Crippen LogP contribution in [-0.2, 0) is 18.3 Å². The van der Waals surface area contributed by atoms with E-state index in [2.05, 4.69) is 190 Å². The zero-order chi connectivity index (χ0) is 36.8. The van der Waals surface area contributed by atoms with Crippen LogP contribution in [0.5, 0.6) is 0 Å². The minimum Gasteiger partial charge on any atom is -0.338 e. The van der Waals surface area contributed by atoms with Gasteiger partial charge in [0.05, 0.1) is 0 Å². The Balaban J connectivity index is 0.930. The first kappa shape index (κ1) is 33.0. The van der Waals surface area contributed by atoms with Crippen LogP contribution in [0.1, 0.15) is 80.8 Å². The van der Waals surface area contributed by atoms with Gasteiger partial charge in [-0.05, 0) is 155 Å². The third-order valence-electron chi connectivity index (χ3n) is 12.9. The zero-order valence-electron chi connectivity index (χ0n) is 32.2. The molecule has 0 amide bonds. The lowest BCUT2D eigenvalue weighted by Gasteiger charge is -2.45. The Kier molecular flexibility index (Phi) is 7.47. The second kappa shape index (κ2) is 12.2. The molecule has 2 aliphatic heterocycles. The molecular formula is C52H48N2. The normalized spacial score (nSPS) is 18.1. The van der Waals surface area contributed by atoms with Gasteiger partial charge in [0.1, 0.15) is 0 Å². The molecule has 1 aliphatic carbocycles. The molecule has 10 rings (SSSR count). The van der Waals surface area contributed by atoms with E-state index < -0.39 is 0 Å². The van der Waals surface area contributed by atoms with Gasteiger partial charge in [0.2, 0.25) is 0 Å². The fourth-order valence-electron chi connectivity index (χ4n) is 9.90. The van der Waals surface area contributed by atoms with Crippen molar-refractivity contribution in [3.05, 3.63) is 167 Å². The second-order valence-corrected chi connectivity index (χ2v) is 17.1. The third kappa shape index (κ3) is 5.22. The number of aryl methyl sites for hydroxylation is 2. The summed E-state index contributed by atoms with van der Waals surface area (Å²) in [7, 11) is 0. The van der Waals surface area contributed by atoms with E-state index in [4.69, 9.17) is 0 Å². The maximum absolute atomic E-state index is 2.58. The van der Waals surface area contributed by atoms with Gasteiger partial charge < -0.3 is 9.80 Å². The summed E-state index contributed by atoms with van der Waals surface area (Å²) in [6, 6.07) is 51.1. The van der Waals surface area contributed by atoms with Gasteiger partial charge >= 0.3 is 0 Å². The number of hydrogen-bond acceptors (Lipinski definition) is 2. The largest absolute Gasteiger partial charge is 0.338 e. The van der Waals surface area contributed by atoms with Crippen LogP contribution in [0.25, 0.3) is 44.8 Å². The molecule has 54 heavy (non-hydrogen) atoms. The summed E-state index contributed by atoms with van der Waals surface area (Å²) in [5, 5.41) is 5.17. The first-order valence-electron chi connectivity index (χ1n) is 19.9. The Labute approximate surface area is 320 Å². The molecule has 2 nitrogen and oxygen atoms in total. The van der Waals surface area contributed by atoms with Gasteiger partial charge in [0, 0.05) is 39.7 Å². The van der Waals surface area contributed by atoms with Gasteiger partial charge in [-0.15, -0.1) is 0 Å². The molecule has 1 atom stereocenters. The summed E-state index contributed by atoms with van der Waals surface area (Å²) < 4.78 is 0. The van der Waals surface area contributed by atoms with Crippen LogP contribution in [0.4, 0.5) is 22.7 Å². The first-order chi connectivity index (χ1) is 26.2. The minimum absolute atomic E-state index is 0.0504. The topological polar surface area (TPSA) is 6.48 Å². The predicted molar refractivity (Wildman–Crippen MR) is 232 cm³/mol. The smallest absolute Gasteiger partial charge is 0.0448 e. The van der Waals surface area contributed by atoms with Crippen molar-refractivity contribution >= 4 is 56.4 Å². The van der Waals surface area contributed by atoms with Crippen LogP contribution < -0.4 is 9.80 Å². The maximum Gasteiger partial charge on any atom is 0.0448 e. The van der Waals surface area contributed by atoms with E-state index in [0.29, 0.717) is 6.04 Å². The van der Waals surface area contributed by atoms with E-state index in [-0.39, 0.29) is 11.0 Å². The average molecular weight is 701 g/mol. The monoisotopic (exact) mass is 700 g/mol. The first-order valence-corrected chi connectivity index (χ1v) is 19.9. The molecule has 0 N–H and O–H groups in total. The van der Waals surface area contributed by atoms with Crippen LogP contribution in [0.2, 0.25) is 0 Å². The molecule has 0 saturated heterocycles. The van der Waals surface area contributed by atoms with Gasteiger partial charge in [-0.2, -0.15) is 0 Å². The predicted octanol–water partition coefficient (Wildman–Crippen LogP) is 13.8. The van der Waals surface area contributed by atoms with Crippen molar-refractivity contribution in [1.29, 1.82) is 0 Å². The van der Waals surface area contributed by atoms with E-state index in [1.165, 1.54) is 95.2 Å². The highest BCUT2D eigenvalue weighted by atomic mass is 15.2. The van der Waals surface area contributed by atoms with Crippen molar-refractivity contribution in [2.45, 2.75) is 77.3 Å². The Morgan fingerprint density at radius 1 is 0.556 bits per heavy atom. The number of anilines is 4. The molecular weight excluding hydrogens is 653 g/mol. The van der Waals surface area contributed by atoms with Gasteiger partial charge in [0.25, 0.3) is 0 Å². The number of hydrogen-bond donors (Lipinski definition) is 0. The molecule has 266 valence electrons. The molecule has 0 aromatic heterocycles. The molecule has 0 radical (unpaired) electrons. The SMILES string of the molecule is CC1CCc2ccccc2N1c1ccc2c(ccc3cc(/C=C/c4ccc5c(c4)C(C)(C)c4cc(N6c7ccccc7CCC6(C)C)ccc4-5)ccc32)c1. The second-order valence-electron chi connectivity index (χ2n) is 17.1. The van der Waals surface area contributed by atoms with E-state index in [1.807, 2.05) is 0 Å². The van der Waals surface area contributed by atoms with Crippen molar-refractivity contribution < 1.29 is 0 Å². The summed E-state index contributed by atoms with van der Waals surface area (Å²) in [5.41, 5.74) is 16.1. The fourth-order valence-corrected chi connectivity index (χ4v) is 9.90. The zero-order valence-corrected chi connectivity index (χ0v) is 32.2. The van der Waals surface area contributed by atoms with Crippen molar-refractivity contribution in [3.63, 3.8) is 0 Å². The number of rotatable bonds is 4. The molecule has 0 fully saturated rings. The van der Waals surface area contributed by atoms with E-state index in [9.17, 15) is 0 Å². The summed E-state index contributed by atoms with van der Waals surface area (Å²) in [5.74, 6) is 0. The van der Waals surface area contributed by atoms with Crippen molar-refractivity contribution in [1.82, 2.24) is 0 Å². The molecule has 1 unspecified atom stereocenters. The van der Waals surface area contributed by atoms with Crippen molar-refractivity contribution in [3.8, 4) is 11.1 Å². The number of para-hydroxylation sites is 2. The summed E-state index contributed by atoms with van der Waals surface area (Å²) >= 11 is 0. The van der Waals surface area contributed by atoms with Crippen LogP contribution in [0.15, 0.2) is 133 Å². The summed E-state index contributed by atoms with van der Waals surface area (Å²) in [4.78, 5) is 5.11. The lowest BCUT2D eigenvalue weighted by atomic mass is 9.81. The quantitative estimate of drug-likeness (QED) is 0.133. The van der Waals surface area contributed by atoms with Gasteiger partial charge in [-0.25, -0.2) is 0 Å². The standard InChI is InChI=1S/C52H48N2/c1-34-14-19-37-10-6-8-12-49(37)53(34)41-22-26-44-40(32-41)21-20-39-30-35(17-24-43(39)44)15-16-36-18-25-45-46-27-23-42(33-48(46)52(4,5)47(45)31-36)54-50-13-9-7-11-38(50)28-29-51(54,2)3/h6-13,15-18,20-27,30-34H,14,19,28-29H2,1-5H3/b16-15+. The molecule has 3 aliphatic rings. The van der Waals surface area contributed by atoms with Crippen LogP contribution in [0.3, 0.4) is 0 Å². The fraction of sp³-hybridized carbons (Fsp3) is 0.231. The molecule has 0 spiro atoms. The summed E-state index contributed by atoms with van der Waals surface area (Å²) in [6.45, 7) is 11.9. The lowest BCUT2D eigenvalue weighted by Crippen LogP contribution is -2.44. The minimum atomic E-state index is -0.0940. The van der Waals surface area contributed by atoms with Crippen LogP contribution >= 0.6 is 0 Å². The van der Waals surface area contributed by atoms with E-state index in [1.54, 1.807) is 0 Å². The number of benzene rings is 7. The molecule has 0 bridgehead atoms. The number of nitrogens with zero attached hydrogens (tertiary/aromatic N) is 2. The van der Waals surface area contributed by atoms with Crippen molar-refractivity contribution in [2.75, 3.05) is 9.80 Å². The molecule has 0 saturated carbocycles. The van der Waals surface area contributed by atoms with Gasteiger partial charge in [-0.1, -0.05) is 117 Å². The molecule has 7 aromatic rings. The molecule has 7 aromatic carbocycles. The highest BCUT2D eigenvalue weighted by molar-refractivity contribution is 6.09. The van der Waals surface area contributed by atoms with Crippen LogP contribution in [-0.4, -0.2) is 11.6 Å². The van der Waals surface area contributed by atoms with Gasteiger partial charge in [-0.3, -0.25) is 0 Å². The van der Waals surface area contributed by atoms with Gasteiger partial charge in [0.15, 0.2) is 0 Å². The third-order valence-corrected chi connectivity index (χ3v) is 12.9. The Hall–Kier alpha value is -5.60. The lowest BCUT2D eigenvalue weighted by molar-refractivity contribution is 0.447. The Bertz CT molecular complexity index is 2660. The van der Waals surface area contributed by atoms with Crippen LogP contribution in [0, 0.1) is 0 Å². The Morgan fingerprint density at radius 2 is 1.15 bits per heavy atom. The highest BCUT2D eigenvalue weighted by Gasteiger charge is 2.38. The maximum atomic E-state index is 2.58. The molecule has 2 heterocycles. The van der Waals surface area contributed by atoms with E-state index >= 15 is 0 Å². The summed E-state index contributed by atoms with van der Waals surface area (Å²) in [6.07, 6.45) is 9.15. The number of fused-ring (bicyclic) bond motifs is 8. The van der Waals surface area contributed by atoms with Crippen molar-refractivity contribution in [2.24, 2.45) is 0 Å². The Morgan fingerprint density at radius 3 is 1.93 bits per heavy atom. The van der Waals surface area contributed by atoms with E-state index in [0.717, 1.165) is 19.3 Å².